The molecule has 156 valence electrons. The van der Waals surface area contributed by atoms with Crippen LogP contribution in [0.1, 0.15) is 20.7 Å². The van der Waals surface area contributed by atoms with Crippen LogP contribution in [0, 0.1) is 0 Å². The highest BCUT2D eigenvalue weighted by molar-refractivity contribution is 7.80. The molecular formula is C20H19Cl2N5O2S. The molecule has 2 aromatic rings. The lowest BCUT2D eigenvalue weighted by Gasteiger charge is -2.21. The van der Waals surface area contributed by atoms with E-state index in [9.17, 15) is 9.59 Å². The Bertz CT molecular complexity index is 964. The number of hydrogen-bond acceptors (Lipinski definition) is 5. The number of thiocarbonyl (C=S) groups is 1. The summed E-state index contributed by atoms with van der Waals surface area (Å²) in [5, 5.41) is 9.76. The van der Waals surface area contributed by atoms with Crippen molar-refractivity contribution in [2.24, 2.45) is 4.99 Å². The van der Waals surface area contributed by atoms with Crippen molar-refractivity contribution in [3.8, 4) is 0 Å². The largest absolute Gasteiger partial charge is 0.361 e. The summed E-state index contributed by atoms with van der Waals surface area (Å²) in [5.74, 6) is -0.0632. The average molecular weight is 464 g/mol. The fourth-order valence-electron chi connectivity index (χ4n) is 2.72. The van der Waals surface area contributed by atoms with Crippen LogP contribution in [-0.2, 0) is 0 Å². The van der Waals surface area contributed by atoms with Crippen molar-refractivity contribution >= 4 is 58.3 Å². The zero-order chi connectivity index (χ0) is 21.5. The van der Waals surface area contributed by atoms with E-state index in [0.29, 0.717) is 53.3 Å². The SMILES string of the molecule is O=C(NC(=S)NCCN1CCN=C1NC(=O)c1ccc(Cl)cc1)c1ccc(Cl)cc1. The van der Waals surface area contributed by atoms with Crippen molar-refractivity contribution in [2.75, 3.05) is 26.2 Å². The molecule has 30 heavy (non-hydrogen) atoms. The van der Waals surface area contributed by atoms with Gasteiger partial charge in [-0.25, -0.2) is 0 Å². The second-order valence-electron chi connectivity index (χ2n) is 6.37. The van der Waals surface area contributed by atoms with Crippen molar-refractivity contribution in [3.05, 3.63) is 69.7 Å². The minimum atomic E-state index is -0.317. The Balaban J connectivity index is 1.43. The van der Waals surface area contributed by atoms with E-state index in [-0.39, 0.29) is 16.9 Å². The first-order valence-electron chi connectivity index (χ1n) is 9.13. The number of amides is 2. The molecule has 0 spiro atoms. The molecule has 3 rings (SSSR count). The molecule has 0 aromatic heterocycles. The molecule has 0 bridgehead atoms. The number of nitrogens with one attached hydrogen (secondary N) is 3. The van der Waals surface area contributed by atoms with Crippen LogP contribution < -0.4 is 16.0 Å². The van der Waals surface area contributed by atoms with E-state index >= 15 is 0 Å². The van der Waals surface area contributed by atoms with Crippen molar-refractivity contribution < 1.29 is 9.59 Å². The number of aliphatic imine (C=N–C) groups is 1. The smallest absolute Gasteiger partial charge is 0.257 e. The van der Waals surface area contributed by atoms with Gasteiger partial charge in [0.2, 0.25) is 5.96 Å². The predicted octanol–water partition coefficient (Wildman–Crippen LogP) is 2.70. The molecule has 0 aliphatic carbocycles. The third-order valence-corrected chi connectivity index (χ3v) is 5.01. The first-order chi connectivity index (χ1) is 14.4. The van der Waals surface area contributed by atoms with Gasteiger partial charge in [-0.2, -0.15) is 0 Å². The van der Waals surface area contributed by atoms with Crippen molar-refractivity contribution in [1.29, 1.82) is 0 Å². The first-order valence-corrected chi connectivity index (χ1v) is 10.3. The monoisotopic (exact) mass is 463 g/mol. The van der Waals surface area contributed by atoms with E-state index in [4.69, 9.17) is 35.4 Å². The van der Waals surface area contributed by atoms with Crippen LogP contribution in [0.4, 0.5) is 0 Å². The molecule has 1 heterocycles. The van der Waals surface area contributed by atoms with Gasteiger partial charge in [0, 0.05) is 40.8 Å². The Hall–Kier alpha value is -2.68. The first kappa shape index (κ1) is 22.0. The van der Waals surface area contributed by atoms with Gasteiger partial charge in [-0.1, -0.05) is 23.2 Å². The quantitative estimate of drug-likeness (QED) is 0.593. The van der Waals surface area contributed by atoms with Crippen LogP contribution in [0.15, 0.2) is 53.5 Å². The van der Waals surface area contributed by atoms with Gasteiger partial charge >= 0.3 is 0 Å². The number of rotatable bonds is 5. The Kier molecular flexibility index (Phi) is 7.62. The van der Waals surface area contributed by atoms with Gasteiger partial charge < -0.3 is 10.2 Å². The summed E-state index contributed by atoms with van der Waals surface area (Å²) in [6, 6.07) is 13.1. The van der Waals surface area contributed by atoms with E-state index < -0.39 is 0 Å². The number of hydrogen-bond donors (Lipinski definition) is 3. The number of halogens is 2. The van der Waals surface area contributed by atoms with E-state index in [1.807, 2.05) is 4.90 Å². The highest BCUT2D eigenvalue weighted by atomic mass is 35.5. The van der Waals surface area contributed by atoms with Crippen molar-refractivity contribution in [2.45, 2.75) is 0 Å². The summed E-state index contributed by atoms with van der Waals surface area (Å²) in [6.45, 7) is 2.29. The molecule has 1 aliphatic rings. The fraction of sp³-hybridized carbons (Fsp3) is 0.200. The number of carbonyl (C=O) groups excluding carboxylic acids is 2. The molecule has 0 saturated carbocycles. The molecule has 0 unspecified atom stereocenters. The van der Waals surface area contributed by atoms with Crippen molar-refractivity contribution in [1.82, 2.24) is 20.9 Å². The number of carbonyl (C=O) groups is 2. The van der Waals surface area contributed by atoms with Gasteiger partial charge in [-0.3, -0.25) is 25.2 Å². The maximum absolute atomic E-state index is 12.4. The third-order valence-electron chi connectivity index (χ3n) is 4.26. The number of guanidine groups is 1. The molecule has 0 saturated heterocycles. The second-order valence-corrected chi connectivity index (χ2v) is 7.65. The minimum absolute atomic E-state index is 0.220. The van der Waals surface area contributed by atoms with Gasteiger partial charge in [0.05, 0.1) is 6.54 Å². The Morgan fingerprint density at radius 2 is 1.53 bits per heavy atom. The predicted molar refractivity (Wildman–Crippen MR) is 122 cm³/mol. The average Bonchev–Trinajstić information content (AvgIpc) is 3.15. The van der Waals surface area contributed by atoms with Gasteiger partial charge in [0.1, 0.15) is 0 Å². The standard InChI is InChI=1S/C20H19Cl2N5O2S/c21-15-5-1-13(2-6-15)17(28)25-19-23-9-11-27(19)12-10-24-20(30)26-18(29)14-3-7-16(22)8-4-14/h1-8H,9-12H2,(H,23,25,28)(H2,24,26,29,30). The number of nitrogens with zero attached hydrogens (tertiary/aromatic N) is 2. The highest BCUT2D eigenvalue weighted by Crippen LogP contribution is 2.10. The topological polar surface area (TPSA) is 85.8 Å². The maximum Gasteiger partial charge on any atom is 0.257 e. The van der Waals surface area contributed by atoms with E-state index in [1.54, 1.807) is 48.5 Å². The lowest BCUT2D eigenvalue weighted by Crippen LogP contribution is -2.46. The molecule has 10 heteroatoms. The summed E-state index contributed by atoms with van der Waals surface area (Å²) < 4.78 is 0. The van der Waals surface area contributed by atoms with Crippen LogP contribution >= 0.6 is 35.4 Å². The maximum atomic E-state index is 12.4. The summed E-state index contributed by atoms with van der Waals surface area (Å²) >= 11 is 16.8. The highest BCUT2D eigenvalue weighted by Gasteiger charge is 2.19. The lowest BCUT2D eigenvalue weighted by atomic mass is 10.2. The molecule has 7 nitrogen and oxygen atoms in total. The van der Waals surface area contributed by atoms with Crippen LogP contribution in [0.5, 0.6) is 0 Å². The molecule has 2 aromatic carbocycles. The summed E-state index contributed by atoms with van der Waals surface area (Å²) in [5.41, 5.74) is 0.959. The molecule has 3 N–H and O–H groups in total. The zero-order valence-electron chi connectivity index (χ0n) is 15.8. The number of benzene rings is 2. The third kappa shape index (κ3) is 6.16. The molecule has 0 fully saturated rings. The Labute approximate surface area is 189 Å². The van der Waals surface area contributed by atoms with E-state index in [2.05, 4.69) is 20.9 Å². The molecular weight excluding hydrogens is 445 g/mol. The molecule has 0 atom stereocenters. The molecule has 1 aliphatic heterocycles. The summed E-state index contributed by atoms with van der Waals surface area (Å²) in [6.07, 6.45) is 0. The van der Waals surface area contributed by atoms with E-state index in [0.717, 1.165) is 0 Å². The molecule has 2 amide bonds. The summed E-state index contributed by atoms with van der Waals surface area (Å²) in [4.78, 5) is 30.8. The minimum Gasteiger partial charge on any atom is -0.361 e. The van der Waals surface area contributed by atoms with Gasteiger partial charge in [-0.15, -0.1) is 0 Å². The van der Waals surface area contributed by atoms with Crippen LogP contribution in [0.2, 0.25) is 10.0 Å². The fourth-order valence-corrected chi connectivity index (χ4v) is 3.17. The molecule has 0 radical (unpaired) electrons. The van der Waals surface area contributed by atoms with Crippen molar-refractivity contribution in [3.63, 3.8) is 0 Å². The Morgan fingerprint density at radius 3 is 2.13 bits per heavy atom. The van der Waals surface area contributed by atoms with Gasteiger partial charge in [0.15, 0.2) is 5.11 Å². The zero-order valence-corrected chi connectivity index (χ0v) is 18.2. The van der Waals surface area contributed by atoms with Crippen LogP contribution in [-0.4, -0.2) is 54.0 Å². The van der Waals surface area contributed by atoms with E-state index in [1.165, 1.54) is 0 Å². The van der Waals surface area contributed by atoms with Crippen LogP contribution in [0.3, 0.4) is 0 Å². The van der Waals surface area contributed by atoms with Gasteiger partial charge in [0.25, 0.3) is 11.8 Å². The Morgan fingerprint density at radius 1 is 0.967 bits per heavy atom. The second kappa shape index (κ2) is 10.4. The summed E-state index contributed by atoms with van der Waals surface area (Å²) in [7, 11) is 0. The normalized spacial score (nSPS) is 12.9. The lowest BCUT2D eigenvalue weighted by molar-refractivity contribution is 0.0965. The van der Waals surface area contributed by atoms with Gasteiger partial charge in [-0.05, 0) is 60.7 Å². The van der Waals surface area contributed by atoms with Crippen LogP contribution in [0.25, 0.3) is 0 Å².